The lowest BCUT2D eigenvalue weighted by atomic mass is 10.2. The largest absolute Gasteiger partial charge is 0.497 e. The number of carbonyl (C=O) groups excluding carboxylic acids is 1. The van der Waals surface area contributed by atoms with Gasteiger partial charge in [0, 0.05) is 17.7 Å². The van der Waals surface area contributed by atoms with Gasteiger partial charge in [0.2, 0.25) is 0 Å². The standard InChI is InChI=1S/C15H20O4/c1-4-5-10-19-15(16)9-7-12-6-8-13(17-2)11-14(12)18-3/h6-9,11H,4-5,10H2,1-3H3. The van der Waals surface area contributed by atoms with Crippen LogP contribution < -0.4 is 9.47 Å². The van der Waals surface area contributed by atoms with Crippen molar-refractivity contribution < 1.29 is 19.0 Å². The number of unbranched alkanes of at least 4 members (excludes halogenated alkanes) is 1. The summed E-state index contributed by atoms with van der Waals surface area (Å²) in [5.41, 5.74) is 0.802. The van der Waals surface area contributed by atoms with Gasteiger partial charge in [-0.2, -0.15) is 0 Å². The average Bonchev–Trinajstić information content (AvgIpc) is 2.45. The van der Waals surface area contributed by atoms with Crippen LogP contribution in [0, 0.1) is 0 Å². The molecule has 0 radical (unpaired) electrons. The Kier molecular flexibility index (Phi) is 6.50. The predicted octanol–water partition coefficient (Wildman–Crippen LogP) is 3.06. The Morgan fingerprint density at radius 1 is 1.26 bits per heavy atom. The van der Waals surface area contributed by atoms with Gasteiger partial charge in [0.05, 0.1) is 20.8 Å². The van der Waals surface area contributed by atoms with Crippen molar-refractivity contribution in [1.29, 1.82) is 0 Å². The summed E-state index contributed by atoms with van der Waals surface area (Å²) >= 11 is 0. The van der Waals surface area contributed by atoms with Gasteiger partial charge in [-0.05, 0) is 24.6 Å². The summed E-state index contributed by atoms with van der Waals surface area (Å²) in [6.45, 7) is 2.51. The van der Waals surface area contributed by atoms with Gasteiger partial charge in [0.1, 0.15) is 11.5 Å². The zero-order chi connectivity index (χ0) is 14.1. The monoisotopic (exact) mass is 264 g/mol. The summed E-state index contributed by atoms with van der Waals surface area (Å²) in [5.74, 6) is 1.02. The van der Waals surface area contributed by atoms with Crippen molar-refractivity contribution in [2.24, 2.45) is 0 Å². The number of hydrogen-bond donors (Lipinski definition) is 0. The molecule has 19 heavy (non-hydrogen) atoms. The van der Waals surface area contributed by atoms with Crippen molar-refractivity contribution in [2.45, 2.75) is 19.8 Å². The molecule has 0 atom stereocenters. The first-order valence-electron chi connectivity index (χ1n) is 6.28. The van der Waals surface area contributed by atoms with E-state index in [0.29, 0.717) is 18.1 Å². The second-order valence-electron chi connectivity index (χ2n) is 3.96. The molecule has 0 N–H and O–H groups in total. The molecule has 0 spiro atoms. The normalized spacial score (nSPS) is 10.5. The zero-order valence-corrected chi connectivity index (χ0v) is 11.6. The minimum absolute atomic E-state index is 0.341. The topological polar surface area (TPSA) is 44.8 Å². The van der Waals surface area contributed by atoms with Gasteiger partial charge in [-0.15, -0.1) is 0 Å². The average molecular weight is 264 g/mol. The molecule has 0 aromatic heterocycles. The van der Waals surface area contributed by atoms with Crippen LogP contribution in [0.25, 0.3) is 6.08 Å². The van der Waals surface area contributed by atoms with E-state index in [1.54, 1.807) is 26.4 Å². The molecule has 0 aliphatic carbocycles. The van der Waals surface area contributed by atoms with Gasteiger partial charge >= 0.3 is 5.97 Å². The van der Waals surface area contributed by atoms with Gasteiger partial charge in [0.15, 0.2) is 0 Å². The van der Waals surface area contributed by atoms with Crippen LogP contribution in [-0.2, 0) is 9.53 Å². The van der Waals surface area contributed by atoms with Gasteiger partial charge in [0.25, 0.3) is 0 Å². The fourth-order valence-electron chi connectivity index (χ4n) is 1.48. The van der Waals surface area contributed by atoms with E-state index in [9.17, 15) is 4.79 Å². The summed E-state index contributed by atoms with van der Waals surface area (Å²) in [6.07, 6.45) is 4.96. The Morgan fingerprint density at radius 2 is 2.05 bits per heavy atom. The molecule has 4 heteroatoms. The summed E-state index contributed by atoms with van der Waals surface area (Å²) in [7, 11) is 3.17. The van der Waals surface area contributed by atoms with Crippen LogP contribution in [0.15, 0.2) is 24.3 Å². The first-order chi connectivity index (χ1) is 9.21. The number of rotatable bonds is 7. The smallest absolute Gasteiger partial charge is 0.330 e. The summed E-state index contributed by atoms with van der Waals surface area (Å²) in [5, 5.41) is 0. The highest BCUT2D eigenvalue weighted by molar-refractivity contribution is 5.87. The Hall–Kier alpha value is -1.97. The molecule has 0 aliphatic heterocycles. The molecule has 0 unspecified atom stereocenters. The molecule has 0 saturated carbocycles. The highest BCUT2D eigenvalue weighted by Gasteiger charge is 2.03. The molecule has 1 aromatic rings. The molecule has 1 aromatic carbocycles. The third-order valence-electron chi connectivity index (χ3n) is 2.58. The van der Waals surface area contributed by atoms with Crippen molar-refractivity contribution in [3.63, 3.8) is 0 Å². The molecule has 0 amide bonds. The molecule has 0 saturated heterocycles. The highest BCUT2D eigenvalue weighted by atomic mass is 16.5. The summed E-state index contributed by atoms with van der Waals surface area (Å²) in [4.78, 5) is 11.4. The van der Waals surface area contributed by atoms with Crippen LogP contribution in [-0.4, -0.2) is 26.8 Å². The summed E-state index contributed by atoms with van der Waals surface area (Å²) < 4.78 is 15.4. The van der Waals surface area contributed by atoms with Crippen molar-refractivity contribution in [3.8, 4) is 11.5 Å². The Bertz CT molecular complexity index is 438. The number of carbonyl (C=O) groups is 1. The van der Waals surface area contributed by atoms with Crippen LogP contribution >= 0.6 is 0 Å². The second-order valence-corrected chi connectivity index (χ2v) is 3.96. The summed E-state index contributed by atoms with van der Waals surface area (Å²) in [6, 6.07) is 5.40. The van der Waals surface area contributed by atoms with E-state index in [1.165, 1.54) is 6.08 Å². The van der Waals surface area contributed by atoms with E-state index >= 15 is 0 Å². The number of hydrogen-bond acceptors (Lipinski definition) is 4. The molecular formula is C15H20O4. The van der Waals surface area contributed by atoms with E-state index in [2.05, 4.69) is 0 Å². The minimum atomic E-state index is -0.341. The second kappa shape index (κ2) is 8.19. The molecule has 0 bridgehead atoms. The lowest BCUT2D eigenvalue weighted by Gasteiger charge is -2.07. The van der Waals surface area contributed by atoms with Crippen molar-refractivity contribution >= 4 is 12.0 Å². The number of ether oxygens (including phenoxy) is 3. The fraction of sp³-hybridized carbons (Fsp3) is 0.400. The minimum Gasteiger partial charge on any atom is -0.497 e. The van der Waals surface area contributed by atoms with E-state index in [-0.39, 0.29) is 5.97 Å². The number of methoxy groups -OCH3 is 2. The van der Waals surface area contributed by atoms with E-state index in [4.69, 9.17) is 14.2 Å². The van der Waals surface area contributed by atoms with Crippen LogP contribution in [0.2, 0.25) is 0 Å². The van der Waals surface area contributed by atoms with Crippen LogP contribution in [0.1, 0.15) is 25.3 Å². The van der Waals surface area contributed by atoms with Gasteiger partial charge in [-0.1, -0.05) is 13.3 Å². The number of esters is 1. The van der Waals surface area contributed by atoms with Crippen molar-refractivity contribution in [3.05, 3.63) is 29.8 Å². The maximum atomic E-state index is 11.4. The molecule has 4 nitrogen and oxygen atoms in total. The van der Waals surface area contributed by atoms with Crippen LogP contribution in [0.3, 0.4) is 0 Å². The molecule has 0 aliphatic rings. The van der Waals surface area contributed by atoms with Crippen molar-refractivity contribution in [2.75, 3.05) is 20.8 Å². The highest BCUT2D eigenvalue weighted by Crippen LogP contribution is 2.25. The maximum Gasteiger partial charge on any atom is 0.330 e. The third-order valence-corrected chi connectivity index (χ3v) is 2.58. The lowest BCUT2D eigenvalue weighted by Crippen LogP contribution is -2.01. The van der Waals surface area contributed by atoms with Crippen molar-refractivity contribution in [1.82, 2.24) is 0 Å². The van der Waals surface area contributed by atoms with Gasteiger partial charge in [-0.25, -0.2) is 4.79 Å². The zero-order valence-electron chi connectivity index (χ0n) is 11.6. The predicted molar refractivity (Wildman–Crippen MR) is 74.4 cm³/mol. The Balaban J connectivity index is 2.67. The van der Waals surface area contributed by atoms with E-state index in [1.807, 2.05) is 19.1 Å². The fourth-order valence-corrected chi connectivity index (χ4v) is 1.48. The molecule has 1 rings (SSSR count). The first kappa shape index (κ1) is 15.1. The maximum absolute atomic E-state index is 11.4. The third kappa shape index (κ3) is 5.04. The first-order valence-corrected chi connectivity index (χ1v) is 6.28. The van der Waals surface area contributed by atoms with E-state index in [0.717, 1.165) is 18.4 Å². The van der Waals surface area contributed by atoms with Gasteiger partial charge < -0.3 is 14.2 Å². The van der Waals surface area contributed by atoms with Gasteiger partial charge in [-0.3, -0.25) is 0 Å². The van der Waals surface area contributed by atoms with Crippen LogP contribution in [0.5, 0.6) is 11.5 Å². The Morgan fingerprint density at radius 3 is 2.68 bits per heavy atom. The van der Waals surface area contributed by atoms with E-state index < -0.39 is 0 Å². The molecule has 0 heterocycles. The Labute approximate surface area is 114 Å². The molecular weight excluding hydrogens is 244 g/mol. The SMILES string of the molecule is CCCCOC(=O)C=Cc1ccc(OC)cc1OC. The number of benzene rings is 1. The lowest BCUT2D eigenvalue weighted by molar-refractivity contribution is -0.137. The van der Waals surface area contributed by atoms with Crippen LogP contribution in [0.4, 0.5) is 0 Å². The quantitative estimate of drug-likeness (QED) is 0.431. The molecule has 0 fully saturated rings. The molecule has 104 valence electrons.